The summed E-state index contributed by atoms with van der Waals surface area (Å²) < 4.78 is 0. The lowest BCUT2D eigenvalue weighted by atomic mass is 10.2. The first-order valence-electron chi connectivity index (χ1n) is 5.91. The van der Waals surface area contributed by atoms with Crippen molar-refractivity contribution in [2.45, 2.75) is 45.1 Å². The summed E-state index contributed by atoms with van der Waals surface area (Å²) in [7, 11) is 0. The molecule has 0 radical (unpaired) electrons. The Labute approximate surface area is 95.8 Å². The minimum atomic E-state index is -0.949. The summed E-state index contributed by atoms with van der Waals surface area (Å²) in [5, 5.41) is 11.5. The predicted molar refractivity (Wildman–Crippen MR) is 60.3 cm³/mol. The Balaban J connectivity index is 2.27. The van der Waals surface area contributed by atoms with E-state index in [1.165, 1.54) is 4.90 Å². The number of amides is 2. The van der Waals surface area contributed by atoms with Gasteiger partial charge < -0.3 is 15.3 Å². The lowest BCUT2D eigenvalue weighted by molar-refractivity contribution is -0.137. The number of carboxylic acids is 1. The quantitative estimate of drug-likeness (QED) is 0.648. The van der Waals surface area contributed by atoms with Crippen LogP contribution < -0.4 is 5.32 Å². The second-order valence-corrected chi connectivity index (χ2v) is 4.19. The van der Waals surface area contributed by atoms with E-state index in [-0.39, 0.29) is 18.6 Å². The van der Waals surface area contributed by atoms with Crippen LogP contribution in [0.15, 0.2) is 0 Å². The molecule has 0 aliphatic heterocycles. The Morgan fingerprint density at radius 1 is 1.38 bits per heavy atom. The van der Waals surface area contributed by atoms with Crippen molar-refractivity contribution < 1.29 is 14.7 Å². The van der Waals surface area contributed by atoms with E-state index in [1.807, 2.05) is 0 Å². The Kier molecular flexibility index (Phi) is 5.08. The molecule has 2 amide bonds. The molecular weight excluding hydrogens is 208 g/mol. The van der Waals surface area contributed by atoms with Crippen molar-refractivity contribution in [2.75, 3.05) is 13.1 Å². The lowest BCUT2D eigenvalue weighted by Gasteiger charge is -2.20. The molecule has 5 heteroatoms. The summed E-state index contributed by atoms with van der Waals surface area (Å²) >= 11 is 0. The monoisotopic (exact) mass is 228 g/mol. The highest BCUT2D eigenvalue weighted by Gasteiger charge is 2.33. The van der Waals surface area contributed by atoms with Crippen molar-refractivity contribution in [2.24, 2.45) is 0 Å². The normalized spacial score (nSPS) is 14.6. The van der Waals surface area contributed by atoms with Gasteiger partial charge >= 0.3 is 12.0 Å². The van der Waals surface area contributed by atoms with Crippen LogP contribution in [0, 0.1) is 0 Å². The van der Waals surface area contributed by atoms with Crippen LogP contribution in [-0.2, 0) is 4.79 Å². The highest BCUT2D eigenvalue weighted by molar-refractivity contribution is 5.80. The van der Waals surface area contributed by atoms with Crippen LogP contribution in [0.1, 0.15) is 39.0 Å². The molecule has 16 heavy (non-hydrogen) atoms. The fraction of sp³-hybridized carbons (Fsp3) is 0.818. The Hall–Kier alpha value is -1.26. The van der Waals surface area contributed by atoms with Crippen LogP contribution in [0.25, 0.3) is 0 Å². The van der Waals surface area contributed by atoms with Gasteiger partial charge in [-0.15, -0.1) is 0 Å². The molecule has 0 unspecified atom stereocenters. The van der Waals surface area contributed by atoms with Crippen LogP contribution in [0.2, 0.25) is 0 Å². The van der Waals surface area contributed by atoms with Gasteiger partial charge in [0.15, 0.2) is 0 Å². The van der Waals surface area contributed by atoms with Gasteiger partial charge in [0, 0.05) is 12.6 Å². The van der Waals surface area contributed by atoms with Gasteiger partial charge in [-0.25, -0.2) is 4.79 Å². The Morgan fingerprint density at radius 3 is 2.56 bits per heavy atom. The zero-order chi connectivity index (χ0) is 12.0. The van der Waals surface area contributed by atoms with Crippen LogP contribution in [0.3, 0.4) is 0 Å². The number of hydrogen-bond acceptors (Lipinski definition) is 2. The molecule has 1 fully saturated rings. The summed E-state index contributed by atoms with van der Waals surface area (Å²) in [6, 6.07) is -0.0942. The third-order valence-electron chi connectivity index (χ3n) is 2.61. The summed E-state index contributed by atoms with van der Waals surface area (Å²) in [5.74, 6) is -0.949. The average Bonchev–Trinajstić information content (AvgIpc) is 3.04. The number of hydrogen-bond donors (Lipinski definition) is 2. The number of unbranched alkanes of at least 4 members (excludes halogenated alkanes) is 2. The van der Waals surface area contributed by atoms with Gasteiger partial charge in [-0.2, -0.15) is 0 Å². The average molecular weight is 228 g/mol. The largest absolute Gasteiger partial charge is 0.480 e. The van der Waals surface area contributed by atoms with Gasteiger partial charge in [0.05, 0.1) is 0 Å². The van der Waals surface area contributed by atoms with Gasteiger partial charge in [0.1, 0.15) is 6.54 Å². The number of aliphatic carboxylic acids is 1. The highest BCUT2D eigenvalue weighted by atomic mass is 16.4. The molecule has 0 bridgehead atoms. The molecule has 1 aliphatic carbocycles. The molecule has 1 rings (SSSR count). The van der Waals surface area contributed by atoms with Gasteiger partial charge in [0.25, 0.3) is 0 Å². The van der Waals surface area contributed by atoms with Crippen molar-refractivity contribution in [3.05, 3.63) is 0 Å². The molecule has 0 saturated heterocycles. The van der Waals surface area contributed by atoms with Crippen LogP contribution >= 0.6 is 0 Å². The number of nitrogens with one attached hydrogen (secondary N) is 1. The number of carbonyl (C=O) groups is 2. The zero-order valence-electron chi connectivity index (χ0n) is 9.74. The van der Waals surface area contributed by atoms with E-state index in [0.29, 0.717) is 6.54 Å². The fourth-order valence-electron chi connectivity index (χ4n) is 1.57. The summed E-state index contributed by atoms with van der Waals surface area (Å²) in [6.45, 7) is 2.54. The fourth-order valence-corrected chi connectivity index (χ4v) is 1.57. The van der Waals surface area contributed by atoms with Crippen LogP contribution in [-0.4, -0.2) is 41.1 Å². The van der Waals surface area contributed by atoms with E-state index in [2.05, 4.69) is 12.2 Å². The number of rotatable bonds is 7. The topological polar surface area (TPSA) is 69.6 Å². The van der Waals surface area contributed by atoms with E-state index in [0.717, 1.165) is 32.1 Å². The molecular formula is C11H20N2O3. The van der Waals surface area contributed by atoms with Crippen molar-refractivity contribution in [1.82, 2.24) is 10.2 Å². The maximum atomic E-state index is 11.7. The summed E-state index contributed by atoms with van der Waals surface area (Å²) in [5.41, 5.74) is 0. The Morgan fingerprint density at radius 2 is 2.06 bits per heavy atom. The zero-order valence-corrected chi connectivity index (χ0v) is 9.74. The Bertz CT molecular complexity index is 252. The van der Waals surface area contributed by atoms with Crippen molar-refractivity contribution in [1.29, 1.82) is 0 Å². The van der Waals surface area contributed by atoms with Crippen LogP contribution in [0.5, 0.6) is 0 Å². The summed E-state index contributed by atoms with van der Waals surface area (Å²) in [6.07, 6.45) is 5.00. The van der Waals surface area contributed by atoms with Crippen molar-refractivity contribution in [3.63, 3.8) is 0 Å². The first kappa shape index (κ1) is 12.8. The van der Waals surface area contributed by atoms with E-state index < -0.39 is 5.97 Å². The molecule has 0 aromatic rings. The molecule has 0 aromatic heterocycles. The van der Waals surface area contributed by atoms with Crippen molar-refractivity contribution in [3.8, 4) is 0 Å². The molecule has 0 spiro atoms. The van der Waals surface area contributed by atoms with E-state index in [4.69, 9.17) is 5.11 Å². The second kappa shape index (κ2) is 6.35. The third kappa shape index (κ3) is 4.51. The minimum Gasteiger partial charge on any atom is -0.480 e. The first-order chi connectivity index (χ1) is 7.65. The lowest BCUT2D eigenvalue weighted by Crippen LogP contribution is -2.44. The van der Waals surface area contributed by atoms with Gasteiger partial charge in [-0.05, 0) is 19.3 Å². The highest BCUT2D eigenvalue weighted by Crippen LogP contribution is 2.26. The standard InChI is InChI=1S/C11H20N2O3/c1-2-3-4-7-12-11(16)13(8-10(14)15)9-5-6-9/h9H,2-8H2,1H3,(H,12,16)(H,14,15). The number of carboxylic acid groups (broad SMARTS) is 1. The van der Waals surface area contributed by atoms with Gasteiger partial charge in [0.2, 0.25) is 0 Å². The molecule has 0 aromatic carbocycles. The minimum absolute atomic E-state index is 0.141. The van der Waals surface area contributed by atoms with Gasteiger partial charge in [-0.1, -0.05) is 19.8 Å². The third-order valence-corrected chi connectivity index (χ3v) is 2.61. The summed E-state index contributed by atoms with van der Waals surface area (Å²) in [4.78, 5) is 23.7. The SMILES string of the molecule is CCCCCNC(=O)N(CC(=O)O)C1CC1. The molecule has 2 N–H and O–H groups in total. The van der Waals surface area contributed by atoms with Gasteiger partial charge in [-0.3, -0.25) is 4.79 Å². The maximum Gasteiger partial charge on any atom is 0.323 e. The van der Waals surface area contributed by atoms with Crippen molar-refractivity contribution >= 4 is 12.0 Å². The molecule has 1 saturated carbocycles. The van der Waals surface area contributed by atoms with E-state index in [9.17, 15) is 9.59 Å². The molecule has 92 valence electrons. The predicted octanol–water partition coefficient (Wildman–Crippen LogP) is 1.44. The molecule has 0 heterocycles. The number of nitrogens with zero attached hydrogens (tertiary/aromatic N) is 1. The second-order valence-electron chi connectivity index (χ2n) is 4.19. The van der Waals surface area contributed by atoms with Crippen LogP contribution in [0.4, 0.5) is 4.79 Å². The molecule has 5 nitrogen and oxygen atoms in total. The smallest absolute Gasteiger partial charge is 0.323 e. The number of urea groups is 1. The number of carbonyl (C=O) groups excluding carboxylic acids is 1. The first-order valence-corrected chi connectivity index (χ1v) is 5.91. The van der Waals surface area contributed by atoms with E-state index >= 15 is 0 Å². The molecule has 0 atom stereocenters. The maximum absolute atomic E-state index is 11.7. The van der Waals surface area contributed by atoms with E-state index in [1.54, 1.807) is 0 Å². The molecule has 1 aliphatic rings.